The van der Waals surface area contributed by atoms with E-state index in [0.29, 0.717) is 5.75 Å². The van der Waals surface area contributed by atoms with Crippen LogP contribution in [0, 0.1) is 5.82 Å². The summed E-state index contributed by atoms with van der Waals surface area (Å²) < 4.78 is 23.8. The number of aromatic nitrogens is 1. The Labute approximate surface area is 140 Å². The summed E-state index contributed by atoms with van der Waals surface area (Å²) in [5, 5.41) is 8.63. The third-order valence-electron chi connectivity index (χ3n) is 3.29. The van der Waals surface area contributed by atoms with Gasteiger partial charge in [0, 0.05) is 6.08 Å². The number of ether oxygens (including phenoxy) is 1. The molecule has 1 aromatic heterocycles. The van der Waals surface area contributed by atoms with Gasteiger partial charge in [-0.05, 0) is 35.9 Å². The van der Waals surface area contributed by atoms with Gasteiger partial charge in [-0.15, -0.1) is 0 Å². The number of fused-ring (bicyclic) bond motifs is 1. The molecule has 126 valence electrons. The summed E-state index contributed by atoms with van der Waals surface area (Å²) >= 11 is 0. The van der Waals surface area contributed by atoms with Gasteiger partial charge < -0.3 is 14.3 Å². The lowest BCUT2D eigenvalue weighted by molar-refractivity contribution is -0.139. The smallest absolute Gasteiger partial charge is 0.347 e. The summed E-state index contributed by atoms with van der Waals surface area (Å²) in [4.78, 5) is 26.3. The second-order valence-electron chi connectivity index (χ2n) is 5.06. The molecule has 3 aromatic rings. The molecule has 3 rings (SSSR count). The van der Waals surface area contributed by atoms with Gasteiger partial charge in [-0.3, -0.25) is 0 Å². The van der Waals surface area contributed by atoms with Crippen LogP contribution in [0.3, 0.4) is 0 Å². The first kappa shape index (κ1) is 16.4. The fourth-order valence-corrected chi connectivity index (χ4v) is 2.14. The van der Waals surface area contributed by atoms with E-state index >= 15 is 0 Å². The summed E-state index contributed by atoms with van der Waals surface area (Å²) in [7, 11) is 0. The number of hydrogen-bond acceptors (Lipinski definition) is 5. The Hall–Kier alpha value is -3.48. The lowest BCUT2D eigenvalue weighted by Gasteiger charge is -2.02. The number of benzene rings is 2. The number of nitrogens with zero attached hydrogens (tertiary/aromatic N) is 1. The Morgan fingerprint density at radius 2 is 1.96 bits per heavy atom. The van der Waals surface area contributed by atoms with Crippen molar-refractivity contribution < 1.29 is 23.4 Å². The fourth-order valence-electron chi connectivity index (χ4n) is 2.14. The van der Waals surface area contributed by atoms with E-state index in [1.165, 1.54) is 24.3 Å². The molecule has 0 atom stereocenters. The first-order valence-electron chi connectivity index (χ1n) is 7.25. The molecule has 0 saturated heterocycles. The second kappa shape index (κ2) is 6.96. The minimum Gasteiger partial charge on any atom is -0.482 e. The number of aliphatic carboxylic acids is 1. The number of carboxylic acid groups (broad SMARTS) is 1. The van der Waals surface area contributed by atoms with Crippen molar-refractivity contribution in [2.45, 2.75) is 0 Å². The maximum absolute atomic E-state index is 13.8. The maximum atomic E-state index is 13.8. The molecule has 0 aliphatic carbocycles. The molecular weight excluding hydrogens is 329 g/mol. The van der Waals surface area contributed by atoms with Crippen LogP contribution in [0.4, 0.5) is 4.39 Å². The Bertz CT molecular complexity index is 1010. The summed E-state index contributed by atoms with van der Waals surface area (Å²) in [6.07, 6.45) is 3.07. The summed E-state index contributed by atoms with van der Waals surface area (Å²) in [6, 6.07) is 10.7. The number of halogens is 1. The van der Waals surface area contributed by atoms with Crippen LogP contribution in [0.15, 0.2) is 51.7 Å². The third kappa shape index (κ3) is 3.89. The van der Waals surface area contributed by atoms with Crippen molar-refractivity contribution in [1.82, 2.24) is 4.98 Å². The van der Waals surface area contributed by atoms with Crippen molar-refractivity contribution in [2.24, 2.45) is 0 Å². The first-order valence-corrected chi connectivity index (χ1v) is 7.25. The molecule has 0 amide bonds. The zero-order valence-corrected chi connectivity index (χ0v) is 12.8. The van der Waals surface area contributed by atoms with E-state index in [2.05, 4.69) is 4.98 Å². The Kier molecular flexibility index (Phi) is 4.56. The van der Waals surface area contributed by atoms with Crippen molar-refractivity contribution in [3.05, 3.63) is 70.2 Å². The standard InChI is InChI=1S/C18H12FNO5/c19-14-3-1-2-13-17(14)20-15(25-18(13)23)9-6-11-4-7-12(8-5-11)24-10-16(21)22/h1-9H,10H2,(H,21,22)/b9-6+. The SMILES string of the molecule is O=C(O)COc1ccc(/C=C/c2nc3c(F)cccc3c(=O)o2)cc1. The molecule has 0 radical (unpaired) electrons. The first-order chi connectivity index (χ1) is 12.0. The summed E-state index contributed by atoms with van der Waals surface area (Å²) in [5.74, 6) is -1.26. The van der Waals surface area contributed by atoms with Crippen LogP contribution in [0.5, 0.6) is 5.75 Å². The van der Waals surface area contributed by atoms with Gasteiger partial charge in [0.05, 0.1) is 5.39 Å². The lowest BCUT2D eigenvalue weighted by Crippen LogP contribution is -2.09. The van der Waals surface area contributed by atoms with E-state index in [1.54, 1.807) is 30.3 Å². The van der Waals surface area contributed by atoms with Gasteiger partial charge in [0.25, 0.3) is 0 Å². The van der Waals surface area contributed by atoms with Gasteiger partial charge >= 0.3 is 11.6 Å². The molecule has 1 heterocycles. The molecule has 2 aromatic carbocycles. The number of carboxylic acids is 1. The zero-order valence-electron chi connectivity index (χ0n) is 12.8. The van der Waals surface area contributed by atoms with E-state index in [9.17, 15) is 14.0 Å². The summed E-state index contributed by atoms with van der Waals surface area (Å²) in [6.45, 7) is -0.424. The average Bonchev–Trinajstić information content (AvgIpc) is 2.60. The Morgan fingerprint density at radius 3 is 2.68 bits per heavy atom. The van der Waals surface area contributed by atoms with E-state index in [4.69, 9.17) is 14.3 Å². The molecule has 0 saturated carbocycles. The highest BCUT2D eigenvalue weighted by Gasteiger charge is 2.08. The molecule has 25 heavy (non-hydrogen) atoms. The molecular formula is C18H12FNO5. The number of rotatable bonds is 5. The molecule has 1 N–H and O–H groups in total. The molecule has 0 unspecified atom stereocenters. The van der Waals surface area contributed by atoms with Crippen LogP contribution in [-0.2, 0) is 4.79 Å². The molecule has 0 aliphatic rings. The van der Waals surface area contributed by atoms with Crippen molar-refractivity contribution in [3.8, 4) is 5.75 Å². The highest BCUT2D eigenvalue weighted by molar-refractivity contribution is 5.78. The molecule has 6 nitrogen and oxygen atoms in total. The van der Waals surface area contributed by atoms with Gasteiger partial charge in [-0.2, -0.15) is 0 Å². The minimum atomic E-state index is -1.06. The highest BCUT2D eigenvalue weighted by Crippen LogP contribution is 2.16. The van der Waals surface area contributed by atoms with Crippen LogP contribution in [0.2, 0.25) is 0 Å². The van der Waals surface area contributed by atoms with Gasteiger partial charge in [-0.1, -0.05) is 18.2 Å². The minimum absolute atomic E-state index is 0.0196. The van der Waals surface area contributed by atoms with Crippen LogP contribution < -0.4 is 10.4 Å². The largest absolute Gasteiger partial charge is 0.482 e. The van der Waals surface area contributed by atoms with Gasteiger partial charge in [0.15, 0.2) is 6.61 Å². The van der Waals surface area contributed by atoms with Crippen LogP contribution in [0.1, 0.15) is 11.5 Å². The second-order valence-corrected chi connectivity index (χ2v) is 5.06. The predicted octanol–water partition coefficient (Wildman–Crippen LogP) is 2.96. The highest BCUT2D eigenvalue weighted by atomic mass is 19.1. The molecule has 7 heteroatoms. The Morgan fingerprint density at radius 1 is 1.20 bits per heavy atom. The fraction of sp³-hybridized carbons (Fsp3) is 0.0556. The van der Waals surface area contributed by atoms with Gasteiger partial charge in [0.1, 0.15) is 17.1 Å². The predicted molar refractivity (Wildman–Crippen MR) is 88.7 cm³/mol. The number of hydrogen-bond donors (Lipinski definition) is 1. The van der Waals surface area contributed by atoms with Gasteiger partial charge in [0.2, 0.25) is 5.89 Å². The van der Waals surface area contributed by atoms with E-state index in [1.807, 2.05) is 0 Å². The monoisotopic (exact) mass is 341 g/mol. The third-order valence-corrected chi connectivity index (χ3v) is 3.29. The van der Waals surface area contributed by atoms with Crippen LogP contribution in [0.25, 0.3) is 23.1 Å². The Balaban J connectivity index is 1.82. The number of para-hydroxylation sites is 1. The molecule has 0 aliphatic heterocycles. The maximum Gasteiger partial charge on any atom is 0.347 e. The van der Waals surface area contributed by atoms with E-state index in [0.717, 1.165) is 5.56 Å². The van der Waals surface area contributed by atoms with Crippen molar-refractivity contribution in [3.63, 3.8) is 0 Å². The zero-order chi connectivity index (χ0) is 17.8. The molecule has 0 spiro atoms. The molecule has 0 bridgehead atoms. The average molecular weight is 341 g/mol. The van der Waals surface area contributed by atoms with Crippen LogP contribution >= 0.6 is 0 Å². The normalized spacial score (nSPS) is 11.1. The lowest BCUT2D eigenvalue weighted by atomic mass is 10.2. The van der Waals surface area contributed by atoms with E-state index in [-0.39, 0.29) is 16.8 Å². The van der Waals surface area contributed by atoms with Crippen molar-refractivity contribution >= 4 is 29.0 Å². The van der Waals surface area contributed by atoms with E-state index < -0.39 is 24.0 Å². The summed E-state index contributed by atoms with van der Waals surface area (Å²) in [5.41, 5.74) is 0.0261. The number of carbonyl (C=O) groups is 1. The quantitative estimate of drug-likeness (QED) is 0.767. The van der Waals surface area contributed by atoms with Gasteiger partial charge in [-0.25, -0.2) is 19.0 Å². The molecule has 0 fully saturated rings. The van der Waals surface area contributed by atoms with Crippen molar-refractivity contribution in [2.75, 3.05) is 6.61 Å². The van der Waals surface area contributed by atoms with Crippen LogP contribution in [-0.4, -0.2) is 22.7 Å². The van der Waals surface area contributed by atoms with Crippen molar-refractivity contribution in [1.29, 1.82) is 0 Å². The topological polar surface area (TPSA) is 89.6 Å².